The summed E-state index contributed by atoms with van der Waals surface area (Å²) in [4.78, 5) is 65.8. The van der Waals surface area contributed by atoms with E-state index in [0.717, 1.165) is 18.2 Å². The van der Waals surface area contributed by atoms with E-state index in [0.29, 0.717) is 10.5 Å². The second-order valence-corrected chi connectivity index (χ2v) is 8.80. The summed E-state index contributed by atoms with van der Waals surface area (Å²) in [6.45, 7) is 0. The van der Waals surface area contributed by atoms with E-state index in [1.807, 2.05) is 0 Å². The lowest BCUT2D eigenvalue weighted by atomic mass is 9.77. The van der Waals surface area contributed by atoms with Crippen LogP contribution in [0, 0.1) is 27.8 Å². The maximum atomic E-state index is 14.0. The second kappa shape index (κ2) is 7.46. The number of nitro groups is 1. The van der Waals surface area contributed by atoms with Crippen molar-refractivity contribution in [3.63, 3.8) is 0 Å². The Morgan fingerprint density at radius 2 is 1.47 bits per heavy atom. The number of halogens is 1. The number of nitrogens with zero attached hydrogens (tertiary/aromatic N) is 2. The van der Waals surface area contributed by atoms with Crippen molar-refractivity contribution in [2.75, 3.05) is 4.90 Å². The number of amides is 2. The maximum Gasteiger partial charge on any atom is 0.306 e. The Morgan fingerprint density at radius 3 is 2.08 bits per heavy atom. The molecule has 0 bridgehead atoms. The second-order valence-electron chi connectivity index (χ2n) is 8.80. The first-order valence-corrected chi connectivity index (χ1v) is 11.0. The van der Waals surface area contributed by atoms with Crippen LogP contribution in [0.25, 0.3) is 0 Å². The molecule has 3 aromatic carbocycles. The third kappa shape index (κ3) is 2.67. The quantitative estimate of drug-likeness (QED) is 0.240. The summed E-state index contributed by atoms with van der Waals surface area (Å²) in [6, 6.07) is 17.1. The van der Waals surface area contributed by atoms with Crippen LogP contribution in [0.4, 0.5) is 15.8 Å². The molecule has 178 valence electrons. The van der Waals surface area contributed by atoms with Crippen LogP contribution in [-0.4, -0.2) is 33.9 Å². The van der Waals surface area contributed by atoms with Gasteiger partial charge in [0.2, 0.25) is 34.8 Å². The number of rotatable bonds is 3. The number of anilines is 1. The first-order valence-electron chi connectivity index (χ1n) is 11.0. The Morgan fingerprint density at radius 1 is 0.861 bits per heavy atom. The van der Waals surface area contributed by atoms with Crippen molar-refractivity contribution in [2.24, 2.45) is 11.8 Å². The lowest BCUT2D eigenvalue weighted by Crippen LogP contribution is -2.51. The van der Waals surface area contributed by atoms with Gasteiger partial charge in [-0.1, -0.05) is 54.6 Å². The van der Waals surface area contributed by atoms with Crippen molar-refractivity contribution in [3.05, 3.63) is 105 Å². The molecule has 9 nitrogen and oxygen atoms in total. The van der Waals surface area contributed by atoms with Gasteiger partial charge in [0, 0.05) is 17.2 Å². The molecule has 0 unspecified atom stereocenters. The molecule has 0 N–H and O–H groups in total. The SMILES string of the molecule is O=C1[C@@H]2[C@@H](C(=O)N1c1ccc(F)c([N+](=O)[O-])c1)C1(O[C@H]2c2ccccc2)C(=O)c2ccccc2C1=O. The Balaban J connectivity index is 1.54. The summed E-state index contributed by atoms with van der Waals surface area (Å²) < 4.78 is 20.1. The number of carbonyl (C=O) groups excluding carboxylic acids is 4. The number of ketones is 2. The fourth-order valence-corrected chi connectivity index (χ4v) is 5.50. The number of imide groups is 1. The molecule has 1 spiro atoms. The van der Waals surface area contributed by atoms with Crippen molar-refractivity contribution in [1.82, 2.24) is 0 Å². The first kappa shape index (κ1) is 21.9. The molecule has 2 amide bonds. The molecule has 0 aromatic heterocycles. The highest BCUT2D eigenvalue weighted by molar-refractivity contribution is 6.37. The van der Waals surface area contributed by atoms with E-state index in [-0.39, 0.29) is 16.8 Å². The molecule has 6 rings (SSSR count). The summed E-state index contributed by atoms with van der Waals surface area (Å²) in [6.07, 6.45) is -1.12. The van der Waals surface area contributed by atoms with Gasteiger partial charge in [0.15, 0.2) is 0 Å². The van der Waals surface area contributed by atoms with Gasteiger partial charge >= 0.3 is 5.69 Å². The van der Waals surface area contributed by atoms with Crippen LogP contribution >= 0.6 is 0 Å². The zero-order valence-corrected chi connectivity index (χ0v) is 18.3. The fourth-order valence-electron chi connectivity index (χ4n) is 5.50. The highest BCUT2D eigenvalue weighted by atomic mass is 19.1. The Labute approximate surface area is 202 Å². The normalized spacial score (nSPS) is 23.9. The molecular formula is C26H15FN2O7. The molecule has 0 saturated carbocycles. The zero-order valence-electron chi connectivity index (χ0n) is 18.3. The maximum absolute atomic E-state index is 14.0. The molecule has 3 atom stereocenters. The molecule has 2 saturated heterocycles. The van der Waals surface area contributed by atoms with Gasteiger partial charge in [-0.15, -0.1) is 0 Å². The molecule has 0 radical (unpaired) electrons. The fraction of sp³-hybridized carbons (Fsp3) is 0.154. The molecular weight excluding hydrogens is 471 g/mol. The molecule has 2 heterocycles. The van der Waals surface area contributed by atoms with Gasteiger partial charge in [0.25, 0.3) is 0 Å². The van der Waals surface area contributed by atoms with Gasteiger partial charge in [-0.25, -0.2) is 4.90 Å². The molecule has 3 aliphatic rings. The van der Waals surface area contributed by atoms with Crippen LogP contribution < -0.4 is 4.90 Å². The molecule has 36 heavy (non-hydrogen) atoms. The van der Waals surface area contributed by atoms with Crippen LogP contribution in [0.1, 0.15) is 32.4 Å². The van der Waals surface area contributed by atoms with Crippen molar-refractivity contribution < 1.29 is 33.2 Å². The van der Waals surface area contributed by atoms with E-state index >= 15 is 0 Å². The molecule has 10 heteroatoms. The average molecular weight is 486 g/mol. The number of hydrogen-bond donors (Lipinski definition) is 0. The van der Waals surface area contributed by atoms with E-state index in [1.165, 1.54) is 12.1 Å². The third-order valence-electron chi connectivity index (χ3n) is 7.03. The van der Waals surface area contributed by atoms with Crippen molar-refractivity contribution in [2.45, 2.75) is 11.7 Å². The van der Waals surface area contributed by atoms with Gasteiger partial charge in [0.05, 0.1) is 28.6 Å². The number of Topliss-reactive ketones (excluding diaryl/α,β-unsaturated/α-hetero) is 2. The number of benzene rings is 3. The third-order valence-corrected chi connectivity index (χ3v) is 7.03. The summed E-state index contributed by atoms with van der Waals surface area (Å²) in [5.41, 5.74) is -2.75. The molecule has 2 aliphatic heterocycles. The first-order chi connectivity index (χ1) is 17.3. The van der Waals surface area contributed by atoms with Crippen LogP contribution in [-0.2, 0) is 14.3 Å². The lowest BCUT2D eigenvalue weighted by molar-refractivity contribution is -0.387. The Bertz CT molecular complexity index is 1480. The van der Waals surface area contributed by atoms with E-state index in [4.69, 9.17) is 4.74 Å². The van der Waals surface area contributed by atoms with E-state index in [2.05, 4.69) is 0 Å². The van der Waals surface area contributed by atoms with E-state index in [9.17, 15) is 33.7 Å². The van der Waals surface area contributed by atoms with Crippen LogP contribution in [0.5, 0.6) is 0 Å². The van der Waals surface area contributed by atoms with Crippen molar-refractivity contribution in [1.29, 1.82) is 0 Å². The number of fused-ring (bicyclic) bond motifs is 3. The number of nitro benzene ring substituents is 1. The zero-order chi connectivity index (χ0) is 25.4. The molecule has 1 aliphatic carbocycles. The predicted molar refractivity (Wildman–Crippen MR) is 121 cm³/mol. The summed E-state index contributed by atoms with van der Waals surface area (Å²) in [7, 11) is 0. The largest absolute Gasteiger partial charge is 0.349 e. The van der Waals surface area contributed by atoms with Gasteiger partial charge < -0.3 is 4.74 Å². The number of carbonyl (C=O) groups is 4. The van der Waals surface area contributed by atoms with Crippen LogP contribution in [0.3, 0.4) is 0 Å². The highest BCUT2D eigenvalue weighted by Gasteiger charge is 2.74. The number of hydrogen-bond acceptors (Lipinski definition) is 7. The van der Waals surface area contributed by atoms with Gasteiger partial charge in [-0.05, 0) is 17.7 Å². The van der Waals surface area contributed by atoms with Crippen LogP contribution in [0.2, 0.25) is 0 Å². The van der Waals surface area contributed by atoms with E-state index < -0.39 is 63.3 Å². The van der Waals surface area contributed by atoms with Gasteiger partial charge in [-0.3, -0.25) is 29.3 Å². The van der Waals surface area contributed by atoms with Crippen molar-refractivity contribution in [3.8, 4) is 0 Å². The number of ether oxygens (including phenoxy) is 1. The van der Waals surface area contributed by atoms with Crippen molar-refractivity contribution >= 4 is 34.8 Å². The highest BCUT2D eigenvalue weighted by Crippen LogP contribution is 2.57. The Kier molecular flexibility index (Phi) is 4.55. The standard InChI is InChI=1S/C26H15FN2O7/c27-17-11-10-14(12-18(17)29(34)35)28-24(32)19-20(25(28)33)26(36-21(19)13-6-2-1-3-7-13)22(30)15-8-4-5-9-16(15)23(26)31/h1-12,19-21H/t19-,20+,21+/m1/s1. The predicted octanol–water partition coefficient (Wildman–Crippen LogP) is 3.43. The minimum Gasteiger partial charge on any atom is -0.349 e. The average Bonchev–Trinajstić information content (AvgIpc) is 3.45. The van der Waals surface area contributed by atoms with E-state index in [1.54, 1.807) is 42.5 Å². The molecule has 2 fully saturated rings. The Hall–Kier alpha value is -4.57. The summed E-state index contributed by atoms with van der Waals surface area (Å²) in [5, 5.41) is 11.3. The lowest BCUT2D eigenvalue weighted by Gasteiger charge is -2.27. The summed E-state index contributed by atoms with van der Waals surface area (Å²) >= 11 is 0. The smallest absolute Gasteiger partial charge is 0.306 e. The topological polar surface area (TPSA) is 124 Å². The van der Waals surface area contributed by atoms with Gasteiger partial charge in [-0.2, -0.15) is 4.39 Å². The minimum absolute atomic E-state index is 0.0890. The minimum atomic E-state index is -2.26. The van der Waals surface area contributed by atoms with Gasteiger partial charge in [0.1, 0.15) is 0 Å². The molecule has 3 aromatic rings. The monoisotopic (exact) mass is 486 g/mol. The van der Waals surface area contributed by atoms with Crippen LogP contribution in [0.15, 0.2) is 72.8 Å². The summed E-state index contributed by atoms with van der Waals surface area (Å²) in [5.74, 6) is -7.05.